The van der Waals surface area contributed by atoms with Crippen molar-refractivity contribution in [2.75, 3.05) is 33.7 Å². The third-order valence-electron chi connectivity index (χ3n) is 3.88. The number of carbonyl (C=O) groups is 2. The highest BCUT2D eigenvalue weighted by Crippen LogP contribution is 2.29. The SMILES string of the molecule is CCCNC(=O)C1CCC(C(=O)NCCN(C)C)CC1. The molecule has 2 N–H and O–H groups in total. The van der Waals surface area contributed by atoms with Crippen molar-refractivity contribution in [2.24, 2.45) is 11.8 Å². The van der Waals surface area contributed by atoms with Gasteiger partial charge in [0.25, 0.3) is 0 Å². The molecule has 0 spiro atoms. The van der Waals surface area contributed by atoms with Gasteiger partial charge in [-0.15, -0.1) is 0 Å². The van der Waals surface area contributed by atoms with Crippen molar-refractivity contribution < 1.29 is 9.59 Å². The number of hydrogen-bond acceptors (Lipinski definition) is 3. The minimum Gasteiger partial charge on any atom is -0.356 e. The number of carbonyl (C=O) groups excluding carboxylic acids is 2. The molecule has 5 heteroatoms. The lowest BCUT2D eigenvalue weighted by atomic mass is 9.81. The molecule has 1 fully saturated rings. The summed E-state index contributed by atoms with van der Waals surface area (Å²) in [7, 11) is 3.98. The van der Waals surface area contributed by atoms with Crippen molar-refractivity contribution in [1.82, 2.24) is 15.5 Å². The minimum absolute atomic E-state index is 0.0902. The summed E-state index contributed by atoms with van der Waals surface area (Å²) in [6.07, 6.45) is 4.30. The smallest absolute Gasteiger partial charge is 0.223 e. The van der Waals surface area contributed by atoms with Gasteiger partial charge in [0, 0.05) is 31.5 Å². The molecule has 5 nitrogen and oxygen atoms in total. The van der Waals surface area contributed by atoms with Gasteiger partial charge in [0.2, 0.25) is 11.8 Å². The summed E-state index contributed by atoms with van der Waals surface area (Å²) in [5, 5.41) is 5.93. The second-order valence-electron chi connectivity index (χ2n) is 5.93. The van der Waals surface area contributed by atoms with Crippen molar-refractivity contribution in [2.45, 2.75) is 39.0 Å². The Labute approximate surface area is 122 Å². The average molecular weight is 283 g/mol. The fraction of sp³-hybridized carbons (Fsp3) is 0.867. The van der Waals surface area contributed by atoms with Crippen LogP contribution in [-0.2, 0) is 9.59 Å². The Balaban J connectivity index is 2.24. The van der Waals surface area contributed by atoms with Crippen LogP contribution < -0.4 is 10.6 Å². The first-order valence-corrected chi connectivity index (χ1v) is 7.74. The first kappa shape index (κ1) is 17.0. The van der Waals surface area contributed by atoms with Gasteiger partial charge >= 0.3 is 0 Å². The van der Waals surface area contributed by atoms with Crippen LogP contribution in [0.5, 0.6) is 0 Å². The molecule has 0 aromatic rings. The zero-order valence-electron chi connectivity index (χ0n) is 13.1. The molecule has 0 heterocycles. The van der Waals surface area contributed by atoms with Gasteiger partial charge in [0.15, 0.2) is 0 Å². The molecule has 1 aliphatic carbocycles. The number of likely N-dealkylation sites (N-methyl/N-ethyl adjacent to an activating group) is 1. The molecule has 0 aromatic heterocycles. The highest BCUT2D eigenvalue weighted by Gasteiger charge is 2.29. The Kier molecular flexibility index (Phi) is 7.59. The second kappa shape index (κ2) is 8.95. The lowest BCUT2D eigenvalue weighted by molar-refractivity contribution is -0.130. The molecule has 1 aliphatic rings. The molecule has 0 saturated heterocycles. The summed E-state index contributed by atoms with van der Waals surface area (Å²) in [5.41, 5.74) is 0. The molecule has 2 amide bonds. The Morgan fingerprint density at radius 1 is 0.950 bits per heavy atom. The van der Waals surface area contributed by atoms with Gasteiger partial charge in [-0.2, -0.15) is 0 Å². The molecule has 116 valence electrons. The minimum atomic E-state index is 0.0902. The van der Waals surface area contributed by atoms with Crippen LogP contribution in [0.4, 0.5) is 0 Å². The molecule has 20 heavy (non-hydrogen) atoms. The van der Waals surface area contributed by atoms with Crippen LogP contribution in [-0.4, -0.2) is 50.4 Å². The van der Waals surface area contributed by atoms with Crippen LogP contribution >= 0.6 is 0 Å². The summed E-state index contributed by atoms with van der Waals surface area (Å²) in [6.45, 7) is 4.36. The molecule has 0 bridgehead atoms. The number of rotatable bonds is 7. The second-order valence-corrected chi connectivity index (χ2v) is 5.93. The van der Waals surface area contributed by atoms with E-state index in [0.29, 0.717) is 6.54 Å². The van der Waals surface area contributed by atoms with E-state index in [1.54, 1.807) is 0 Å². The molecule has 0 aromatic carbocycles. The van der Waals surface area contributed by atoms with Gasteiger partial charge in [0.05, 0.1) is 0 Å². The normalized spacial score (nSPS) is 22.6. The summed E-state index contributed by atoms with van der Waals surface area (Å²) in [4.78, 5) is 25.9. The molecular formula is C15H29N3O2. The number of hydrogen-bond donors (Lipinski definition) is 2. The monoisotopic (exact) mass is 283 g/mol. The zero-order valence-corrected chi connectivity index (χ0v) is 13.1. The van der Waals surface area contributed by atoms with E-state index in [0.717, 1.165) is 45.2 Å². The first-order chi connectivity index (χ1) is 9.54. The Morgan fingerprint density at radius 2 is 1.40 bits per heavy atom. The van der Waals surface area contributed by atoms with Crippen molar-refractivity contribution in [3.05, 3.63) is 0 Å². The maximum Gasteiger partial charge on any atom is 0.223 e. The summed E-state index contributed by atoms with van der Waals surface area (Å²) < 4.78 is 0. The molecule has 0 atom stereocenters. The Morgan fingerprint density at radius 3 is 1.80 bits per heavy atom. The van der Waals surface area contributed by atoms with Gasteiger partial charge in [-0.25, -0.2) is 0 Å². The van der Waals surface area contributed by atoms with E-state index >= 15 is 0 Å². The number of nitrogens with one attached hydrogen (secondary N) is 2. The molecule has 0 aliphatic heterocycles. The van der Waals surface area contributed by atoms with Crippen molar-refractivity contribution in [3.8, 4) is 0 Å². The van der Waals surface area contributed by atoms with E-state index in [1.807, 2.05) is 14.1 Å². The lowest BCUT2D eigenvalue weighted by Gasteiger charge is -2.27. The Bertz CT molecular complexity index is 310. The van der Waals surface area contributed by atoms with Gasteiger partial charge in [-0.1, -0.05) is 6.92 Å². The van der Waals surface area contributed by atoms with Gasteiger partial charge in [0.1, 0.15) is 0 Å². The van der Waals surface area contributed by atoms with Crippen molar-refractivity contribution in [3.63, 3.8) is 0 Å². The van der Waals surface area contributed by atoms with E-state index in [2.05, 4.69) is 22.5 Å². The summed E-state index contributed by atoms with van der Waals surface area (Å²) >= 11 is 0. The third-order valence-corrected chi connectivity index (χ3v) is 3.88. The molecular weight excluding hydrogens is 254 g/mol. The van der Waals surface area contributed by atoms with E-state index in [-0.39, 0.29) is 23.7 Å². The van der Waals surface area contributed by atoms with E-state index in [1.165, 1.54) is 0 Å². The predicted molar refractivity (Wildman–Crippen MR) is 80.3 cm³/mol. The van der Waals surface area contributed by atoms with Crippen molar-refractivity contribution in [1.29, 1.82) is 0 Å². The van der Waals surface area contributed by atoms with Gasteiger partial charge in [-0.3, -0.25) is 9.59 Å². The highest BCUT2D eigenvalue weighted by molar-refractivity contribution is 5.81. The van der Waals surface area contributed by atoms with E-state index in [4.69, 9.17) is 0 Å². The maximum absolute atomic E-state index is 12.0. The molecule has 0 radical (unpaired) electrons. The zero-order chi connectivity index (χ0) is 15.0. The number of nitrogens with zero attached hydrogens (tertiary/aromatic N) is 1. The van der Waals surface area contributed by atoms with E-state index in [9.17, 15) is 9.59 Å². The van der Waals surface area contributed by atoms with Crippen LogP contribution in [0.2, 0.25) is 0 Å². The van der Waals surface area contributed by atoms with Gasteiger partial charge < -0.3 is 15.5 Å². The van der Waals surface area contributed by atoms with Crippen LogP contribution in [0, 0.1) is 11.8 Å². The van der Waals surface area contributed by atoms with Crippen LogP contribution in [0.3, 0.4) is 0 Å². The summed E-state index contributed by atoms with van der Waals surface area (Å²) in [6, 6.07) is 0. The molecule has 1 rings (SSSR count). The lowest BCUT2D eigenvalue weighted by Crippen LogP contribution is -2.39. The topological polar surface area (TPSA) is 61.4 Å². The Hall–Kier alpha value is -1.10. The maximum atomic E-state index is 12.0. The average Bonchev–Trinajstić information content (AvgIpc) is 2.44. The summed E-state index contributed by atoms with van der Waals surface area (Å²) in [5.74, 6) is 0.511. The van der Waals surface area contributed by atoms with Crippen LogP contribution in [0.25, 0.3) is 0 Å². The van der Waals surface area contributed by atoms with Crippen LogP contribution in [0.1, 0.15) is 39.0 Å². The first-order valence-electron chi connectivity index (χ1n) is 7.74. The van der Waals surface area contributed by atoms with E-state index < -0.39 is 0 Å². The molecule has 0 unspecified atom stereocenters. The standard InChI is InChI=1S/C15H29N3O2/c1-4-9-16-14(19)12-5-7-13(8-6-12)15(20)17-10-11-18(2)3/h12-13H,4-11H2,1-3H3,(H,16,19)(H,17,20). The van der Waals surface area contributed by atoms with Gasteiger partial charge in [-0.05, 0) is 46.2 Å². The predicted octanol–water partition coefficient (Wildman–Crippen LogP) is 0.997. The number of amides is 2. The highest BCUT2D eigenvalue weighted by atomic mass is 16.2. The van der Waals surface area contributed by atoms with Crippen molar-refractivity contribution >= 4 is 11.8 Å². The third kappa shape index (κ3) is 5.90. The largest absolute Gasteiger partial charge is 0.356 e. The fourth-order valence-corrected chi connectivity index (χ4v) is 2.56. The van der Waals surface area contributed by atoms with Crippen LogP contribution in [0.15, 0.2) is 0 Å². The fourth-order valence-electron chi connectivity index (χ4n) is 2.56. The molecule has 1 saturated carbocycles. The quantitative estimate of drug-likeness (QED) is 0.732.